The summed E-state index contributed by atoms with van der Waals surface area (Å²) in [5.74, 6) is -2.36. The van der Waals surface area contributed by atoms with Crippen LogP contribution in [0.1, 0.15) is 55.0 Å². The quantitative estimate of drug-likeness (QED) is 0.263. The van der Waals surface area contributed by atoms with Crippen molar-refractivity contribution in [3.05, 3.63) is 57.9 Å². The van der Waals surface area contributed by atoms with E-state index in [1.54, 1.807) is 19.2 Å². The zero-order valence-corrected chi connectivity index (χ0v) is 21.8. The molecule has 0 unspecified atom stereocenters. The molecule has 2 heterocycles. The minimum Gasteiger partial charge on any atom is -0.481 e. The molecule has 1 aliphatic heterocycles. The highest BCUT2D eigenvalue weighted by Crippen LogP contribution is 2.39. The number of carboxylic acids is 1. The number of benzene rings is 1. The fourth-order valence-corrected chi connectivity index (χ4v) is 5.54. The smallest absolute Gasteiger partial charge is 0.481 e. The van der Waals surface area contributed by atoms with Crippen molar-refractivity contribution >= 4 is 39.6 Å². The fourth-order valence-electron chi connectivity index (χ4n) is 4.80. The van der Waals surface area contributed by atoms with Crippen molar-refractivity contribution in [3.63, 3.8) is 0 Å². The molecule has 0 amide bonds. The highest BCUT2D eigenvalue weighted by Gasteiger charge is 2.49. The number of rotatable bonds is 6. The number of halogens is 5. The van der Waals surface area contributed by atoms with Gasteiger partial charge in [-0.25, -0.2) is 4.39 Å². The molecule has 0 atom stereocenters. The first kappa shape index (κ1) is 28.3. The van der Waals surface area contributed by atoms with Crippen LogP contribution < -0.4 is 4.18 Å². The molecule has 0 spiro atoms. The highest BCUT2D eigenvalue weighted by molar-refractivity contribution is 7.88. The Morgan fingerprint density at radius 3 is 2.58 bits per heavy atom. The Kier molecular flexibility index (Phi) is 7.79. The first-order valence-electron chi connectivity index (χ1n) is 11.8. The second-order valence-electron chi connectivity index (χ2n) is 9.79. The SMILES string of the molecule is CC1(C(=O)O)CCC(N2CCc3cc(/C(F)=C/c4cccc(OS(=O)(=O)C(F)(F)F)c4Cl)ncc3C2)CC1. The summed E-state index contributed by atoms with van der Waals surface area (Å²) in [6, 6.07) is 5.28. The second kappa shape index (κ2) is 10.5. The van der Waals surface area contributed by atoms with E-state index in [9.17, 15) is 31.5 Å². The minimum atomic E-state index is -5.94. The first-order valence-corrected chi connectivity index (χ1v) is 13.6. The van der Waals surface area contributed by atoms with Gasteiger partial charge in [-0.3, -0.25) is 14.7 Å². The van der Waals surface area contributed by atoms with Gasteiger partial charge in [0, 0.05) is 25.3 Å². The maximum absolute atomic E-state index is 15.1. The molecule has 1 aromatic carbocycles. The van der Waals surface area contributed by atoms with Crippen molar-refractivity contribution in [2.24, 2.45) is 5.41 Å². The monoisotopic (exact) mass is 576 g/mol. The van der Waals surface area contributed by atoms with Crippen LogP contribution in [0, 0.1) is 5.41 Å². The van der Waals surface area contributed by atoms with Crippen LogP contribution in [0.4, 0.5) is 17.6 Å². The number of hydrogen-bond donors (Lipinski definition) is 1. The Balaban J connectivity index is 1.48. The topological polar surface area (TPSA) is 96.8 Å². The van der Waals surface area contributed by atoms with E-state index in [0.29, 0.717) is 25.8 Å². The van der Waals surface area contributed by atoms with E-state index >= 15 is 4.39 Å². The van der Waals surface area contributed by atoms with E-state index in [2.05, 4.69) is 14.1 Å². The van der Waals surface area contributed by atoms with Crippen LogP contribution in [0.2, 0.25) is 5.02 Å². The molecule has 1 aliphatic carbocycles. The summed E-state index contributed by atoms with van der Waals surface area (Å²) in [6.45, 7) is 3.13. The number of carbonyl (C=O) groups is 1. The lowest BCUT2D eigenvalue weighted by atomic mass is 9.73. The predicted molar refractivity (Wildman–Crippen MR) is 132 cm³/mol. The van der Waals surface area contributed by atoms with Gasteiger partial charge in [0.25, 0.3) is 0 Å². The Hall–Kier alpha value is -2.70. The van der Waals surface area contributed by atoms with E-state index in [1.807, 2.05) is 0 Å². The summed E-state index contributed by atoms with van der Waals surface area (Å²) in [5, 5.41) is 8.95. The third kappa shape index (κ3) is 5.81. The van der Waals surface area contributed by atoms with Gasteiger partial charge in [-0.2, -0.15) is 21.6 Å². The minimum absolute atomic E-state index is 0.00241. The number of hydrogen-bond acceptors (Lipinski definition) is 6. The molecule has 0 bridgehead atoms. The van der Waals surface area contributed by atoms with Crippen LogP contribution in [0.3, 0.4) is 0 Å². The Labute approximate surface area is 222 Å². The van der Waals surface area contributed by atoms with Crippen LogP contribution in [0.5, 0.6) is 5.75 Å². The normalized spacial score (nSPS) is 23.1. The second-order valence-corrected chi connectivity index (χ2v) is 11.7. The molecule has 38 heavy (non-hydrogen) atoms. The summed E-state index contributed by atoms with van der Waals surface area (Å²) < 4.78 is 79.7. The van der Waals surface area contributed by atoms with Crippen LogP contribution >= 0.6 is 11.6 Å². The molecule has 13 heteroatoms. The Bertz CT molecular complexity index is 1370. The van der Waals surface area contributed by atoms with E-state index < -0.39 is 43.6 Å². The number of aromatic nitrogens is 1. The molecule has 2 aromatic rings. The highest BCUT2D eigenvalue weighted by atomic mass is 35.5. The average molecular weight is 577 g/mol. The molecular formula is C25H25ClF4N2O5S. The molecule has 1 N–H and O–H groups in total. The summed E-state index contributed by atoms with van der Waals surface area (Å²) in [7, 11) is -5.94. The zero-order chi connectivity index (χ0) is 27.9. The van der Waals surface area contributed by atoms with Gasteiger partial charge in [0.05, 0.1) is 16.1 Å². The molecule has 1 fully saturated rings. The molecule has 0 radical (unpaired) electrons. The molecule has 2 aliphatic rings. The number of carboxylic acid groups (broad SMARTS) is 1. The van der Waals surface area contributed by atoms with Crippen LogP contribution in [0.15, 0.2) is 30.5 Å². The summed E-state index contributed by atoms with van der Waals surface area (Å²) >= 11 is 6.01. The van der Waals surface area contributed by atoms with Gasteiger partial charge in [0.15, 0.2) is 5.75 Å². The maximum atomic E-state index is 15.1. The van der Waals surface area contributed by atoms with Crippen molar-refractivity contribution in [3.8, 4) is 5.75 Å². The third-order valence-corrected chi connectivity index (χ3v) is 8.59. The number of nitrogens with zero attached hydrogens (tertiary/aromatic N) is 2. The lowest BCUT2D eigenvalue weighted by Crippen LogP contribution is -2.44. The zero-order valence-electron chi connectivity index (χ0n) is 20.3. The third-order valence-electron chi connectivity index (χ3n) is 7.22. The summed E-state index contributed by atoms with van der Waals surface area (Å²) in [5.41, 5.74) is -4.59. The molecule has 4 rings (SSSR count). The van der Waals surface area contributed by atoms with Crippen LogP contribution in [-0.2, 0) is 27.9 Å². The molecular weight excluding hydrogens is 552 g/mol. The van der Waals surface area contributed by atoms with Crippen molar-refractivity contribution in [2.45, 2.75) is 57.1 Å². The fraction of sp³-hybridized carbons (Fsp3) is 0.440. The van der Waals surface area contributed by atoms with Gasteiger partial charge < -0.3 is 9.29 Å². The number of aliphatic carboxylic acids is 1. The molecule has 0 saturated heterocycles. The largest absolute Gasteiger partial charge is 0.534 e. The van der Waals surface area contributed by atoms with E-state index in [4.69, 9.17) is 11.6 Å². The van der Waals surface area contributed by atoms with E-state index in [1.165, 1.54) is 12.1 Å². The average Bonchev–Trinajstić information content (AvgIpc) is 2.85. The molecule has 1 aromatic heterocycles. The number of fused-ring (bicyclic) bond motifs is 1. The summed E-state index contributed by atoms with van der Waals surface area (Å²) in [4.78, 5) is 18.0. The standard InChI is InChI=1S/C25H25ClF4N2O5S/c1-24(23(33)34)8-5-18(6-9-24)32-10-7-15-12-20(31-13-17(15)14-32)19(27)11-16-3-2-4-21(22(16)26)37-38(35,36)25(28,29)30/h2-4,11-13,18H,5-10,14H2,1H3,(H,33,34)/b19-11-. The molecule has 206 valence electrons. The van der Waals surface area contributed by atoms with Gasteiger partial charge in [-0.05, 0) is 73.9 Å². The van der Waals surface area contributed by atoms with Crippen molar-refractivity contribution in [1.29, 1.82) is 0 Å². The van der Waals surface area contributed by atoms with E-state index in [-0.39, 0.29) is 17.3 Å². The van der Waals surface area contributed by atoms with Gasteiger partial charge in [0.1, 0.15) is 5.83 Å². The van der Waals surface area contributed by atoms with Gasteiger partial charge in [0.2, 0.25) is 0 Å². The number of pyridine rings is 1. The molecule has 1 saturated carbocycles. The van der Waals surface area contributed by atoms with Crippen molar-refractivity contribution in [2.75, 3.05) is 6.54 Å². The molecule has 7 nitrogen and oxygen atoms in total. The van der Waals surface area contributed by atoms with Crippen molar-refractivity contribution < 1.29 is 40.1 Å². The van der Waals surface area contributed by atoms with Gasteiger partial charge in [-0.15, -0.1) is 0 Å². The lowest BCUT2D eigenvalue weighted by molar-refractivity contribution is -0.150. The van der Waals surface area contributed by atoms with Crippen LogP contribution in [-0.4, -0.2) is 47.5 Å². The van der Waals surface area contributed by atoms with Crippen molar-refractivity contribution in [1.82, 2.24) is 9.88 Å². The summed E-state index contributed by atoms with van der Waals surface area (Å²) in [6.07, 6.45) is 5.96. The lowest BCUT2D eigenvalue weighted by Gasteiger charge is -2.41. The van der Waals surface area contributed by atoms with Gasteiger partial charge in [-0.1, -0.05) is 23.7 Å². The Morgan fingerprint density at radius 2 is 1.95 bits per heavy atom. The Morgan fingerprint density at radius 1 is 1.26 bits per heavy atom. The predicted octanol–water partition coefficient (Wildman–Crippen LogP) is 5.82. The number of alkyl halides is 3. The van der Waals surface area contributed by atoms with E-state index in [0.717, 1.165) is 42.7 Å². The van der Waals surface area contributed by atoms with Gasteiger partial charge >= 0.3 is 21.6 Å². The first-order chi connectivity index (χ1) is 17.7. The maximum Gasteiger partial charge on any atom is 0.534 e. The van der Waals surface area contributed by atoms with Crippen LogP contribution in [0.25, 0.3) is 11.9 Å².